The number of thiazole rings is 2. The molecule has 0 saturated heterocycles. The standard InChI is InChI=1S/C11H11N3O3S2/c1-5-4-18-7(13-5)3-12-11-14-8(10(16)17)9(19-11)6(2)15/h4H,3H2,1-2H3,(H,12,14)(H,16,17). The minimum absolute atomic E-state index is 0.158. The van der Waals surface area contributed by atoms with Crippen molar-refractivity contribution < 1.29 is 14.7 Å². The second kappa shape index (κ2) is 5.45. The third-order valence-electron chi connectivity index (χ3n) is 2.21. The molecule has 8 heteroatoms. The van der Waals surface area contributed by atoms with Gasteiger partial charge in [0.2, 0.25) is 0 Å². The van der Waals surface area contributed by atoms with Gasteiger partial charge in [0, 0.05) is 18.0 Å². The Labute approximate surface area is 117 Å². The Morgan fingerprint density at radius 1 is 1.42 bits per heavy atom. The maximum Gasteiger partial charge on any atom is 0.356 e. The van der Waals surface area contributed by atoms with Gasteiger partial charge in [-0.3, -0.25) is 4.79 Å². The molecule has 2 rings (SSSR count). The van der Waals surface area contributed by atoms with Crippen LogP contribution in [0.5, 0.6) is 0 Å². The van der Waals surface area contributed by atoms with Crippen LogP contribution >= 0.6 is 22.7 Å². The minimum Gasteiger partial charge on any atom is -0.476 e. The number of nitrogens with one attached hydrogen (secondary N) is 1. The van der Waals surface area contributed by atoms with Gasteiger partial charge < -0.3 is 10.4 Å². The van der Waals surface area contributed by atoms with Crippen LogP contribution in [0, 0.1) is 6.92 Å². The summed E-state index contributed by atoms with van der Waals surface area (Å²) in [7, 11) is 0. The summed E-state index contributed by atoms with van der Waals surface area (Å²) < 4.78 is 0. The maximum absolute atomic E-state index is 11.3. The van der Waals surface area contributed by atoms with E-state index in [9.17, 15) is 9.59 Å². The number of hydrogen-bond acceptors (Lipinski definition) is 7. The average Bonchev–Trinajstić information content (AvgIpc) is 2.92. The average molecular weight is 297 g/mol. The number of aryl methyl sites for hydroxylation is 1. The zero-order valence-electron chi connectivity index (χ0n) is 10.3. The topological polar surface area (TPSA) is 92.2 Å². The number of carbonyl (C=O) groups excluding carboxylic acids is 1. The van der Waals surface area contributed by atoms with Gasteiger partial charge in [-0.1, -0.05) is 11.3 Å². The number of anilines is 1. The number of aromatic nitrogens is 2. The summed E-state index contributed by atoms with van der Waals surface area (Å²) in [5.74, 6) is -1.49. The van der Waals surface area contributed by atoms with Gasteiger partial charge in [-0.25, -0.2) is 14.8 Å². The highest BCUT2D eigenvalue weighted by molar-refractivity contribution is 7.17. The van der Waals surface area contributed by atoms with E-state index in [2.05, 4.69) is 15.3 Å². The molecule has 0 bridgehead atoms. The van der Waals surface area contributed by atoms with Crippen LogP contribution in [0.25, 0.3) is 0 Å². The van der Waals surface area contributed by atoms with Gasteiger partial charge in [0.05, 0.1) is 6.54 Å². The van der Waals surface area contributed by atoms with E-state index >= 15 is 0 Å². The molecule has 2 aromatic heterocycles. The van der Waals surface area contributed by atoms with Crippen LogP contribution in [-0.2, 0) is 6.54 Å². The fourth-order valence-electron chi connectivity index (χ4n) is 1.41. The Morgan fingerprint density at radius 3 is 2.63 bits per heavy atom. The van der Waals surface area contributed by atoms with E-state index in [1.807, 2.05) is 12.3 Å². The first-order valence-electron chi connectivity index (χ1n) is 5.37. The monoisotopic (exact) mass is 297 g/mol. The minimum atomic E-state index is -1.19. The first-order chi connectivity index (χ1) is 8.97. The maximum atomic E-state index is 11.3. The lowest BCUT2D eigenvalue weighted by molar-refractivity contribution is 0.0687. The van der Waals surface area contributed by atoms with Crippen molar-refractivity contribution >= 4 is 39.6 Å². The lowest BCUT2D eigenvalue weighted by Crippen LogP contribution is -2.04. The molecule has 0 aliphatic heterocycles. The second-order valence-corrected chi connectivity index (χ2v) is 5.74. The Morgan fingerprint density at radius 2 is 2.16 bits per heavy atom. The van der Waals surface area contributed by atoms with Crippen LogP contribution in [-0.4, -0.2) is 26.8 Å². The van der Waals surface area contributed by atoms with Crippen LogP contribution < -0.4 is 5.32 Å². The van der Waals surface area contributed by atoms with E-state index in [1.54, 1.807) is 0 Å². The van der Waals surface area contributed by atoms with Crippen molar-refractivity contribution in [3.63, 3.8) is 0 Å². The Balaban J connectivity index is 2.15. The summed E-state index contributed by atoms with van der Waals surface area (Å²) in [6.07, 6.45) is 0. The first kappa shape index (κ1) is 13.6. The molecule has 0 atom stereocenters. The van der Waals surface area contributed by atoms with E-state index in [0.29, 0.717) is 11.7 Å². The molecule has 0 unspecified atom stereocenters. The van der Waals surface area contributed by atoms with E-state index < -0.39 is 5.97 Å². The largest absolute Gasteiger partial charge is 0.476 e. The first-order valence-corrected chi connectivity index (χ1v) is 7.07. The summed E-state index contributed by atoms with van der Waals surface area (Å²) in [6, 6.07) is 0. The van der Waals surface area contributed by atoms with Crippen molar-refractivity contribution in [3.8, 4) is 0 Å². The van der Waals surface area contributed by atoms with E-state index in [1.165, 1.54) is 18.3 Å². The normalized spacial score (nSPS) is 10.4. The molecule has 0 spiro atoms. The van der Waals surface area contributed by atoms with Crippen molar-refractivity contribution in [1.29, 1.82) is 0 Å². The molecule has 0 aliphatic carbocycles. The van der Waals surface area contributed by atoms with Gasteiger partial charge in [-0.2, -0.15) is 0 Å². The highest BCUT2D eigenvalue weighted by atomic mass is 32.1. The van der Waals surface area contributed by atoms with Gasteiger partial charge in [0.15, 0.2) is 16.6 Å². The Bertz CT molecular complexity index is 601. The molecule has 19 heavy (non-hydrogen) atoms. The third-order valence-corrected chi connectivity index (χ3v) is 4.29. The smallest absolute Gasteiger partial charge is 0.356 e. The highest BCUT2D eigenvalue weighted by Gasteiger charge is 2.20. The van der Waals surface area contributed by atoms with Crippen molar-refractivity contribution in [3.05, 3.63) is 26.7 Å². The summed E-state index contributed by atoms with van der Waals surface area (Å²) in [5.41, 5.74) is 0.743. The van der Waals surface area contributed by atoms with E-state index in [0.717, 1.165) is 22.0 Å². The molecule has 0 aromatic carbocycles. The van der Waals surface area contributed by atoms with E-state index in [-0.39, 0.29) is 16.4 Å². The van der Waals surface area contributed by atoms with Gasteiger partial charge in [-0.15, -0.1) is 11.3 Å². The summed E-state index contributed by atoms with van der Waals surface area (Å²) >= 11 is 2.56. The number of carboxylic acid groups (broad SMARTS) is 1. The van der Waals surface area contributed by atoms with Crippen LogP contribution in [0.2, 0.25) is 0 Å². The molecule has 2 N–H and O–H groups in total. The number of ketones is 1. The third kappa shape index (κ3) is 3.15. The zero-order valence-corrected chi connectivity index (χ0v) is 11.9. The molecule has 2 aromatic rings. The molecule has 0 radical (unpaired) electrons. The fraction of sp³-hybridized carbons (Fsp3) is 0.273. The summed E-state index contributed by atoms with van der Waals surface area (Å²) in [6.45, 7) is 3.69. The van der Waals surface area contributed by atoms with Crippen molar-refractivity contribution in [1.82, 2.24) is 9.97 Å². The quantitative estimate of drug-likeness (QED) is 0.823. The van der Waals surface area contributed by atoms with Gasteiger partial charge in [0.1, 0.15) is 9.88 Å². The molecule has 6 nitrogen and oxygen atoms in total. The second-order valence-electron chi connectivity index (χ2n) is 3.79. The van der Waals surface area contributed by atoms with Gasteiger partial charge in [-0.05, 0) is 6.92 Å². The molecule has 0 aliphatic rings. The van der Waals surface area contributed by atoms with Crippen LogP contribution in [0.1, 0.15) is 37.8 Å². The van der Waals surface area contributed by atoms with E-state index in [4.69, 9.17) is 5.11 Å². The van der Waals surface area contributed by atoms with Crippen molar-refractivity contribution in [2.45, 2.75) is 20.4 Å². The summed E-state index contributed by atoms with van der Waals surface area (Å²) in [4.78, 5) is 30.7. The fourth-order valence-corrected chi connectivity index (χ4v) is 2.97. The number of rotatable bonds is 5. The zero-order chi connectivity index (χ0) is 14.0. The predicted octanol–water partition coefficient (Wildman–Crippen LogP) is 2.42. The summed E-state index contributed by atoms with van der Waals surface area (Å²) in [5, 5.41) is 15.2. The number of Topliss-reactive ketones (excluding diaryl/α,β-unsaturated/α-hetero) is 1. The SMILES string of the molecule is CC(=O)c1sc(NCc2nc(C)cs2)nc1C(=O)O. The van der Waals surface area contributed by atoms with Gasteiger partial charge >= 0.3 is 5.97 Å². The number of carbonyl (C=O) groups is 2. The number of nitrogens with zero attached hydrogens (tertiary/aromatic N) is 2. The molecular weight excluding hydrogens is 286 g/mol. The Hall–Kier alpha value is -1.80. The van der Waals surface area contributed by atoms with Crippen LogP contribution in [0.4, 0.5) is 5.13 Å². The number of carboxylic acids is 1. The molecule has 100 valence electrons. The highest BCUT2D eigenvalue weighted by Crippen LogP contribution is 2.24. The predicted molar refractivity (Wildman–Crippen MR) is 73.3 cm³/mol. The Kier molecular flexibility index (Phi) is 3.91. The lowest BCUT2D eigenvalue weighted by Gasteiger charge is -1.97. The van der Waals surface area contributed by atoms with Crippen LogP contribution in [0.3, 0.4) is 0 Å². The van der Waals surface area contributed by atoms with Crippen molar-refractivity contribution in [2.24, 2.45) is 0 Å². The molecular formula is C11H11N3O3S2. The van der Waals surface area contributed by atoms with Crippen LogP contribution in [0.15, 0.2) is 5.38 Å². The number of aromatic carboxylic acids is 1. The molecule has 2 heterocycles. The van der Waals surface area contributed by atoms with Gasteiger partial charge in [0.25, 0.3) is 0 Å². The molecule has 0 fully saturated rings. The molecule has 0 amide bonds. The van der Waals surface area contributed by atoms with Crippen molar-refractivity contribution in [2.75, 3.05) is 5.32 Å². The molecule has 0 saturated carbocycles. The lowest BCUT2D eigenvalue weighted by atomic mass is 10.3. The number of hydrogen-bond donors (Lipinski definition) is 2.